The van der Waals surface area contributed by atoms with Crippen LogP contribution in [0.15, 0.2) is 24.3 Å². The van der Waals surface area contributed by atoms with Crippen LogP contribution >= 0.6 is 11.8 Å². The maximum Gasteiger partial charge on any atom is 0.516 e. The van der Waals surface area contributed by atoms with Gasteiger partial charge in [-0.1, -0.05) is 25.6 Å². The van der Waals surface area contributed by atoms with Crippen LogP contribution in [0.25, 0.3) is 0 Å². The molecule has 0 fully saturated rings. The lowest BCUT2D eigenvalue weighted by Crippen LogP contribution is -2.77. The number of ether oxygens (including phenoxy) is 3. The topological polar surface area (TPSA) is 252 Å². The number of carbonyl (C=O) groups excluding carboxylic acids is 4. The Balaban J connectivity index is 2.91. The molecule has 1 rings (SSSR count). The second-order valence-electron chi connectivity index (χ2n) is 9.52. The van der Waals surface area contributed by atoms with E-state index in [1.54, 1.807) is 0 Å². The molecule has 0 aliphatic heterocycles. The first-order valence-electron chi connectivity index (χ1n) is 11.6. The second kappa shape index (κ2) is 15.6. The highest BCUT2D eigenvalue weighted by Gasteiger charge is 2.36. The Morgan fingerprint density at radius 2 is 1.61 bits per heavy atom. The molecule has 2 unspecified atom stereocenters. The molecular weight excluding hydrogens is 576 g/mol. The van der Waals surface area contributed by atoms with Crippen molar-refractivity contribution in [2.75, 3.05) is 19.0 Å². The van der Waals surface area contributed by atoms with Crippen molar-refractivity contribution in [2.45, 2.75) is 47.0 Å². The summed E-state index contributed by atoms with van der Waals surface area (Å²) in [5.41, 5.74) is -2.75. The lowest BCUT2D eigenvalue weighted by Gasteiger charge is -2.27. The van der Waals surface area contributed by atoms with Crippen molar-refractivity contribution in [2.24, 2.45) is 10.8 Å². The Labute approximate surface area is 237 Å². The summed E-state index contributed by atoms with van der Waals surface area (Å²) in [6.07, 6.45) is -2.87. The SMILES string of the molecule is CC(OC(=O)Oc1ccc([N+](=O)[O-])cc1)OC(=O)C(CSC(=O)C(C)(C)CO[N+](=O)[O-])NC(=O)C(C)(C)CO[NH2+][O-]. The summed E-state index contributed by atoms with van der Waals surface area (Å²) in [5.74, 6) is -2.37. The van der Waals surface area contributed by atoms with Crippen molar-refractivity contribution in [3.05, 3.63) is 49.7 Å². The maximum absolute atomic E-state index is 12.9. The first kappa shape index (κ1) is 35.0. The van der Waals surface area contributed by atoms with Gasteiger partial charge in [0.05, 0.1) is 15.8 Å². The molecule has 0 bridgehead atoms. The van der Waals surface area contributed by atoms with E-state index in [9.17, 15) is 44.6 Å². The summed E-state index contributed by atoms with van der Waals surface area (Å²) >= 11 is 0.563. The second-order valence-corrected chi connectivity index (χ2v) is 10.5. The number of amides is 1. The van der Waals surface area contributed by atoms with Crippen LogP contribution in [-0.2, 0) is 33.5 Å². The summed E-state index contributed by atoms with van der Waals surface area (Å²) < 4.78 is 14.8. The number of nitrogens with two attached hydrogens (primary N) is 1. The summed E-state index contributed by atoms with van der Waals surface area (Å²) in [6.45, 7) is 5.86. The minimum absolute atomic E-state index is 0.0948. The fourth-order valence-corrected chi connectivity index (χ4v) is 3.61. The van der Waals surface area contributed by atoms with Crippen LogP contribution < -0.4 is 15.7 Å². The molecule has 228 valence electrons. The van der Waals surface area contributed by atoms with Crippen molar-refractivity contribution in [1.82, 2.24) is 5.32 Å². The molecule has 1 amide bonds. The Bertz CT molecular complexity index is 1110. The van der Waals surface area contributed by atoms with Gasteiger partial charge in [0.1, 0.15) is 25.0 Å². The molecule has 0 aliphatic carbocycles. The van der Waals surface area contributed by atoms with Gasteiger partial charge in [0, 0.05) is 24.8 Å². The van der Waals surface area contributed by atoms with Crippen LogP contribution in [0.3, 0.4) is 0 Å². The monoisotopic (exact) mass is 606 g/mol. The number of nitro benzene ring substituents is 1. The molecule has 0 radical (unpaired) electrons. The first-order chi connectivity index (χ1) is 19.0. The molecule has 41 heavy (non-hydrogen) atoms. The number of non-ortho nitro benzene ring substituents is 1. The molecule has 0 heterocycles. The fourth-order valence-electron chi connectivity index (χ4n) is 2.62. The van der Waals surface area contributed by atoms with Crippen molar-refractivity contribution >= 4 is 40.6 Å². The zero-order valence-electron chi connectivity index (χ0n) is 22.7. The van der Waals surface area contributed by atoms with E-state index in [1.165, 1.54) is 27.7 Å². The van der Waals surface area contributed by atoms with Gasteiger partial charge >= 0.3 is 12.1 Å². The van der Waals surface area contributed by atoms with Crippen molar-refractivity contribution in [3.8, 4) is 5.75 Å². The zero-order valence-corrected chi connectivity index (χ0v) is 23.5. The van der Waals surface area contributed by atoms with Crippen molar-refractivity contribution in [1.29, 1.82) is 0 Å². The number of nitro groups is 1. The summed E-state index contributed by atoms with van der Waals surface area (Å²) in [7, 11) is 0. The van der Waals surface area contributed by atoms with E-state index < -0.39 is 68.7 Å². The smallest absolute Gasteiger partial charge is 0.516 e. The van der Waals surface area contributed by atoms with E-state index in [2.05, 4.69) is 15.0 Å². The van der Waals surface area contributed by atoms with Crippen molar-refractivity contribution in [3.63, 3.8) is 0 Å². The Kier molecular flexibility index (Phi) is 13.3. The Morgan fingerprint density at radius 1 is 1.00 bits per heavy atom. The summed E-state index contributed by atoms with van der Waals surface area (Å²) in [5, 5.41) is 32.5. The lowest BCUT2D eigenvalue weighted by molar-refractivity contribution is -0.852. The molecule has 2 atom stereocenters. The molecule has 18 nitrogen and oxygen atoms in total. The fraction of sp³-hybridized carbons (Fsp3) is 0.545. The largest absolute Gasteiger partial charge is 0.601 e. The predicted molar refractivity (Wildman–Crippen MR) is 137 cm³/mol. The van der Waals surface area contributed by atoms with Crippen LogP contribution in [0.4, 0.5) is 10.5 Å². The molecule has 1 aromatic carbocycles. The van der Waals surface area contributed by atoms with Crippen molar-refractivity contribution < 1.29 is 58.7 Å². The highest BCUT2D eigenvalue weighted by atomic mass is 32.2. The van der Waals surface area contributed by atoms with Gasteiger partial charge in [-0.2, -0.15) is 0 Å². The summed E-state index contributed by atoms with van der Waals surface area (Å²) in [6, 6.07) is 2.97. The highest BCUT2D eigenvalue weighted by molar-refractivity contribution is 8.13. The van der Waals surface area contributed by atoms with Gasteiger partial charge in [0.2, 0.25) is 12.2 Å². The van der Waals surface area contributed by atoms with Crippen LogP contribution in [0.5, 0.6) is 5.75 Å². The minimum atomic E-state index is -1.55. The molecule has 0 aliphatic rings. The maximum atomic E-state index is 12.9. The van der Waals surface area contributed by atoms with Crippen LogP contribution in [0.1, 0.15) is 34.6 Å². The molecule has 19 heteroatoms. The molecule has 1 aromatic rings. The number of nitrogens with zero attached hydrogens (tertiary/aromatic N) is 2. The number of benzene rings is 1. The highest BCUT2D eigenvalue weighted by Crippen LogP contribution is 2.26. The normalized spacial score (nSPS) is 12.8. The number of hydrogen-bond acceptors (Lipinski definition) is 15. The Morgan fingerprint density at radius 3 is 2.15 bits per heavy atom. The molecule has 0 saturated heterocycles. The average molecular weight is 607 g/mol. The van der Waals surface area contributed by atoms with Gasteiger partial charge in [-0.25, -0.2) is 20.1 Å². The first-order valence-corrected chi connectivity index (χ1v) is 12.6. The number of hydrogen-bond donors (Lipinski definition) is 2. The third-order valence-corrected chi connectivity index (χ3v) is 6.29. The predicted octanol–water partition coefficient (Wildman–Crippen LogP) is 0.998. The van der Waals surface area contributed by atoms with E-state index in [1.807, 2.05) is 0 Å². The van der Waals surface area contributed by atoms with Gasteiger partial charge in [0.15, 0.2) is 5.12 Å². The van der Waals surface area contributed by atoms with Gasteiger partial charge in [-0.15, -0.1) is 10.1 Å². The van der Waals surface area contributed by atoms with Crippen LogP contribution in [-0.4, -0.2) is 64.5 Å². The molecule has 3 N–H and O–H groups in total. The van der Waals surface area contributed by atoms with Gasteiger partial charge < -0.3 is 29.6 Å². The average Bonchev–Trinajstić information content (AvgIpc) is 2.88. The van der Waals surface area contributed by atoms with Gasteiger partial charge in [-0.05, 0) is 26.0 Å². The van der Waals surface area contributed by atoms with E-state index >= 15 is 0 Å². The molecule has 0 aromatic heterocycles. The van der Waals surface area contributed by atoms with Crippen LogP contribution in [0, 0.1) is 36.3 Å². The van der Waals surface area contributed by atoms with E-state index in [4.69, 9.17) is 14.2 Å². The standard InChI is InChI=1S/C22H30N4O14S/c1-13(39-20(30)40-15-8-6-14(7-9-15)25(32)33)38-17(27)16(23-18(28)21(2,3)11-36-24-31)10-41-19(29)22(4,5)12-37-26(34)35/h6-9,13,16H,10-12,24H2,1-5H3,(H,23,28). The number of carbonyl (C=O) groups is 4. The van der Waals surface area contributed by atoms with E-state index in [-0.39, 0.29) is 23.7 Å². The minimum Gasteiger partial charge on any atom is -0.601 e. The van der Waals surface area contributed by atoms with Gasteiger partial charge in [-0.3, -0.25) is 19.7 Å². The van der Waals surface area contributed by atoms with E-state index in [0.717, 1.165) is 31.2 Å². The lowest BCUT2D eigenvalue weighted by atomic mass is 9.93. The molecule has 0 spiro atoms. The van der Waals surface area contributed by atoms with Gasteiger partial charge in [0.25, 0.3) is 10.8 Å². The number of nitrogens with one attached hydrogen (secondary N) is 1. The number of rotatable bonds is 16. The molecule has 0 saturated carbocycles. The number of esters is 1. The zero-order chi connectivity index (χ0) is 31.4. The summed E-state index contributed by atoms with van der Waals surface area (Å²) in [4.78, 5) is 79.8. The third kappa shape index (κ3) is 12.3. The number of quaternary nitrogens is 1. The molecular formula is C22H30N4O14S. The Hall–Kier alpha value is -4.07. The quantitative estimate of drug-likeness (QED) is 0.0874. The van der Waals surface area contributed by atoms with Crippen LogP contribution in [0.2, 0.25) is 0 Å². The third-order valence-electron chi connectivity index (χ3n) is 4.97. The number of thioether (sulfide) groups is 1. The van der Waals surface area contributed by atoms with E-state index in [0.29, 0.717) is 11.8 Å².